The molecule has 1 rings (SSSR count). The molecule has 0 aliphatic heterocycles. The summed E-state index contributed by atoms with van der Waals surface area (Å²) in [5.74, 6) is 0.869. The molecule has 0 heterocycles. The molecule has 2 N–H and O–H groups in total. The third-order valence-corrected chi connectivity index (χ3v) is 3.93. The maximum Gasteiger partial charge on any atom is 0.190 e. The summed E-state index contributed by atoms with van der Waals surface area (Å²) in [5.41, 5.74) is 1.27. The topological polar surface area (TPSA) is 39.7 Å². The van der Waals surface area contributed by atoms with Crippen LogP contribution >= 0.6 is 35.6 Å². The summed E-state index contributed by atoms with van der Waals surface area (Å²) in [6, 6.07) is 7.98. The zero-order chi connectivity index (χ0) is 16.2. The van der Waals surface area contributed by atoms with Gasteiger partial charge in [-0.15, -0.1) is 24.0 Å². The van der Waals surface area contributed by atoms with Crippen LogP contribution in [0.2, 0.25) is 5.02 Å². The van der Waals surface area contributed by atoms with Gasteiger partial charge < -0.3 is 15.5 Å². The zero-order valence-corrected chi connectivity index (χ0v) is 17.5. The Morgan fingerprint density at radius 2 is 1.70 bits per heavy atom. The highest BCUT2D eigenvalue weighted by Crippen LogP contribution is 2.09. The van der Waals surface area contributed by atoms with Crippen LogP contribution in [0.4, 0.5) is 0 Å². The lowest BCUT2D eigenvalue weighted by Gasteiger charge is -2.18. The molecule has 1 aromatic rings. The van der Waals surface area contributed by atoms with Crippen molar-refractivity contribution >= 4 is 41.5 Å². The van der Waals surface area contributed by atoms with Crippen molar-refractivity contribution < 1.29 is 0 Å². The lowest BCUT2D eigenvalue weighted by molar-refractivity contribution is 0.300. The molecule has 0 amide bonds. The summed E-state index contributed by atoms with van der Waals surface area (Å²) >= 11 is 5.88. The number of nitrogens with zero attached hydrogens (tertiary/aromatic N) is 2. The Morgan fingerprint density at radius 1 is 1.09 bits per heavy atom. The molecule has 4 nitrogen and oxygen atoms in total. The van der Waals surface area contributed by atoms with Gasteiger partial charge in [0.05, 0.1) is 0 Å². The smallest absolute Gasteiger partial charge is 0.190 e. The molecular weight excluding hydrogens is 423 g/mol. The molecule has 0 unspecified atom stereocenters. The molecule has 1 aromatic carbocycles. The van der Waals surface area contributed by atoms with Crippen molar-refractivity contribution in [1.82, 2.24) is 15.5 Å². The largest absolute Gasteiger partial charge is 0.356 e. The van der Waals surface area contributed by atoms with Gasteiger partial charge in [-0.2, -0.15) is 0 Å². The molecular formula is C17H30ClIN4. The summed E-state index contributed by atoms with van der Waals surface area (Å²) in [7, 11) is 1.81. The van der Waals surface area contributed by atoms with E-state index in [9.17, 15) is 0 Å². The Morgan fingerprint density at radius 3 is 2.26 bits per heavy atom. The van der Waals surface area contributed by atoms with Gasteiger partial charge in [0, 0.05) is 25.2 Å². The van der Waals surface area contributed by atoms with Gasteiger partial charge >= 0.3 is 0 Å². The molecule has 0 radical (unpaired) electrons. The summed E-state index contributed by atoms with van der Waals surface area (Å²) in [6.07, 6.45) is 2.08. The third-order valence-electron chi connectivity index (χ3n) is 3.68. The van der Waals surface area contributed by atoms with E-state index in [0.29, 0.717) is 0 Å². The Hall–Kier alpha value is -0.530. The Balaban J connectivity index is 0.00000484. The molecule has 0 fully saturated rings. The van der Waals surface area contributed by atoms with Gasteiger partial charge in [0.2, 0.25) is 0 Å². The normalized spacial score (nSPS) is 11.3. The number of guanidine groups is 1. The number of aliphatic imine (C=N–C) groups is 1. The van der Waals surface area contributed by atoms with Crippen molar-refractivity contribution in [1.29, 1.82) is 0 Å². The first kappa shape index (κ1) is 22.5. The van der Waals surface area contributed by atoms with Crippen LogP contribution in [-0.2, 0) is 6.42 Å². The van der Waals surface area contributed by atoms with Crippen LogP contribution in [0.3, 0.4) is 0 Å². The van der Waals surface area contributed by atoms with E-state index in [0.717, 1.165) is 56.5 Å². The SMILES string of the molecule is CCN(CC)CCCNC(=NC)NCCc1ccc(Cl)cc1.I. The molecule has 0 saturated heterocycles. The van der Waals surface area contributed by atoms with Gasteiger partial charge in [0.1, 0.15) is 0 Å². The quantitative estimate of drug-likeness (QED) is 0.261. The molecule has 23 heavy (non-hydrogen) atoms. The maximum absolute atomic E-state index is 5.88. The predicted molar refractivity (Wildman–Crippen MR) is 112 cm³/mol. The van der Waals surface area contributed by atoms with Gasteiger partial charge in [-0.3, -0.25) is 4.99 Å². The van der Waals surface area contributed by atoms with Crippen molar-refractivity contribution in [3.8, 4) is 0 Å². The molecule has 0 aromatic heterocycles. The molecule has 0 bridgehead atoms. The standard InChI is InChI=1S/C17H29ClN4.HI/c1-4-22(5-2)14-6-12-20-17(19-3)21-13-11-15-7-9-16(18)10-8-15;/h7-10H,4-6,11-14H2,1-3H3,(H2,19,20,21);1H. The molecule has 0 saturated carbocycles. The fraction of sp³-hybridized carbons (Fsp3) is 0.588. The minimum Gasteiger partial charge on any atom is -0.356 e. The number of nitrogens with one attached hydrogen (secondary N) is 2. The van der Waals surface area contributed by atoms with E-state index in [-0.39, 0.29) is 24.0 Å². The lowest BCUT2D eigenvalue weighted by atomic mass is 10.1. The lowest BCUT2D eigenvalue weighted by Crippen LogP contribution is -2.39. The monoisotopic (exact) mass is 452 g/mol. The van der Waals surface area contributed by atoms with Crippen molar-refractivity contribution in [2.24, 2.45) is 4.99 Å². The maximum atomic E-state index is 5.88. The van der Waals surface area contributed by atoms with Gasteiger partial charge in [-0.05, 0) is 50.2 Å². The summed E-state index contributed by atoms with van der Waals surface area (Å²) in [5, 5.41) is 7.48. The summed E-state index contributed by atoms with van der Waals surface area (Å²) in [4.78, 5) is 6.68. The van der Waals surface area contributed by atoms with Crippen LogP contribution in [0.25, 0.3) is 0 Å². The highest BCUT2D eigenvalue weighted by molar-refractivity contribution is 14.0. The number of benzene rings is 1. The van der Waals surface area contributed by atoms with E-state index in [1.165, 1.54) is 5.56 Å². The molecule has 0 atom stereocenters. The first-order valence-corrected chi connectivity index (χ1v) is 8.48. The number of hydrogen-bond acceptors (Lipinski definition) is 2. The van der Waals surface area contributed by atoms with E-state index in [1.807, 2.05) is 19.2 Å². The highest BCUT2D eigenvalue weighted by atomic mass is 127. The average Bonchev–Trinajstić information content (AvgIpc) is 2.55. The first-order valence-electron chi connectivity index (χ1n) is 8.10. The second kappa shape index (κ2) is 13.9. The van der Waals surface area contributed by atoms with Crippen molar-refractivity contribution in [3.05, 3.63) is 34.9 Å². The second-order valence-electron chi connectivity index (χ2n) is 5.18. The Kier molecular flexibility index (Phi) is 13.5. The van der Waals surface area contributed by atoms with Crippen LogP contribution < -0.4 is 10.6 Å². The van der Waals surface area contributed by atoms with Crippen LogP contribution in [0.1, 0.15) is 25.8 Å². The summed E-state index contributed by atoms with van der Waals surface area (Å²) in [6.45, 7) is 9.56. The minimum atomic E-state index is 0. The van der Waals surface area contributed by atoms with Crippen LogP contribution in [0.15, 0.2) is 29.3 Å². The number of hydrogen-bond donors (Lipinski definition) is 2. The van der Waals surface area contributed by atoms with Crippen molar-refractivity contribution in [2.75, 3.05) is 39.8 Å². The number of halogens is 2. The minimum absolute atomic E-state index is 0. The number of rotatable bonds is 9. The fourth-order valence-corrected chi connectivity index (χ4v) is 2.37. The van der Waals surface area contributed by atoms with E-state index in [1.54, 1.807) is 0 Å². The molecule has 132 valence electrons. The second-order valence-corrected chi connectivity index (χ2v) is 5.62. The van der Waals surface area contributed by atoms with E-state index >= 15 is 0 Å². The molecule has 0 spiro atoms. The third kappa shape index (κ3) is 10.0. The average molecular weight is 453 g/mol. The fourth-order valence-electron chi connectivity index (χ4n) is 2.25. The van der Waals surface area contributed by atoms with Crippen molar-refractivity contribution in [2.45, 2.75) is 26.7 Å². The van der Waals surface area contributed by atoms with Gasteiger partial charge in [0.15, 0.2) is 5.96 Å². The van der Waals surface area contributed by atoms with E-state index < -0.39 is 0 Å². The predicted octanol–water partition coefficient (Wildman–Crippen LogP) is 3.40. The zero-order valence-electron chi connectivity index (χ0n) is 14.4. The van der Waals surface area contributed by atoms with Crippen LogP contribution in [0.5, 0.6) is 0 Å². The van der Waals surface area contributed by atoms with Crippen molar-refractivity contribution in [3.63, 3.8) is 0 Å². The van der Waals surface area contributed by atoms with Gasteiger partial charge in [0.25, 0.3) is 0 Å². The highest BCUT2D eigenvalue weighted by Gasteiger charge is 2.00. The van der Waals surface area contributed by atoms with Gasteiger partial charge in [-0.25, -0.2) is 0 Å². The Labute approximate surface area is 163 Å². The van der Waals surface area contributed by atoms with Crippen LogP contribution in [-0.4, -0.2) is 50.6 Å². The summed E-state index contributed by atoms with van der Waals surface area (Å²) < 4.78 is 0. The van der Waals surface area contributed by atoms with E-state index in [2.05, 4.69) is 46.5 Å². The van der Waals surface area contributed by atoms with E-state index in [4.69, 9.17) is 11.6 Å². The molecule has 0 aliphatic rings. The Bertz CT molecular complexity index is 433. The molecule has 6 heteroatoms. The first-order chi connectivity index (χ1) is 10.7. The molecule has 0 aliphatic carbocycles. The van der Waals surface area contributed by atoms with Gasteiger partial charge in [-0.1, -0.05) is 37.6 Å². The van der Waals surface area contributed by atoms with Crippen LogP contribution in [0, 0.1) is 0 Å².